The Hall–Kier alpha value is -0.380. The average molecular weight is 244 g/mol. The highest BCUT2D eigenvalue weighted by atomic mass is 79.9. The molecule has 0 aromatic heterocycles. The van der Waals surface area contributed by atoms with Crippen LogP contribution in [0.5, 0.6) is 0 Å². The lowest BCUT2D eigenvalue weighted by molar-refractivity contribution is 0.126. The standard InChI is InChI=1S/C10H14BrNO/c1-7-5-9(11)3-4-10(7)8(2)6-13-12/h3-5,8H,6,12H2,1-2H3. The van der Waals surface area contributed by atoms with E-state index in [-0.39, 0.29) is 0 Å². The lowest BCUT2D eigenvalue weighted by Gasteiger charge is -2.13. The van der Waals surface area contributed by atoms with Gasteiger partial charge in [0.2, 0.25) is 0 Å². The minimum Gasteiger partial charge on any atom is -0.304 e. The second-order valence-electron chi connectivity index (χ2n) is 3.24. The predicted octanol–water partition coefficient (Wildman–Crippen LogP) is 2.75. The molecule has 0 radical (unpaired) electrons. The lowest BCUT2D eigenvalue weighted by Crippen LogP contribution is -2.09. The summed E-state index contributed by atoms with van der Waals surface area (Å²) in [7, 11) is 0. The van der Waals surface area contributed by atoms with Gasteiger partial charge < -0.3 is 4.84 Å². The predicted molar refractivity (Wildman–Crippen MR) is 57.4 cm³/mol. The van der Waals surface area contributed by atoms with E-state index in [1.807, 2.05) is 6.07 Å². The molecule has 1 aromatic rings. The number of benzene rings is 1. The SMILES string of the molecule is Cc1cc(Br)ccc1C(C)CON. The Morgan fingerprint density at radius 3 is 2.77 bits per heavy atom. The van der Waals surface area contributed by atoms with E-state index in [9.17, 15) is 0 Å². The van der Waals surface area contributed by atoms with Crippen molar-refractivity contribution in [1.29, 1.82) is 0 Å². The van der Waals surface area contributed by atoms with Crippen LogP contribution >= 0.6 is 15.9 Å². The first-order valence-electron chi connectivity index (χ1n) is 4.23. The van der Waals surface area contributed by atoms with E-state index in [2.05, 4.69) is 46.7 Å². The first-order chi connectivity index (χ1) is 6.15. The van der Waals surface area contributed by atoms with Crippen molar-refractivity contribution in [1.82, 2.24) is 0 Å². The van der Waals surface area contributed by atoms with Gasteiger partial charge in [0.25, 0.3) is 0 Å². The van der Waals surface area contributed by atoms with E-state index in [0.717, 1.165) is 4.47 Å². The fourth-order valence-corrected chi connectivity index (χ4v) is 1.90. The number of nitrogens with two attached hydrogens (primary N) is 1. The van der Waals surface area contributed by atoms with Crippen molar-refractivity contribution in [2.24, 2.45) is 5.90 Å². The van der Waals surface area contributed by atoms with Crippen LogP contribution in [0.3, 0.4) is 0 Å². The van der Waals surface area contributed by atoms with Gasteiger partial charge in [0.05, 0.1) is 6.61 Å². The molecule has 0 spiro atoms. The molecule has 0 bridgehead atoms. The summed E-state index contributed by atoms with van der Waals surface area (Å²) in [5, 5.41) is 0. The van der Waals surface area contributed by atoms with Crippen molar-refractivity contribution in [3.05, 3.63) is 33.8 Å². The molecule has 2 N–H and O–H groups in total. The molecule has 3 heteroatoms. The Morgan fingerprint density at radius 1 is 1.54 bits per heavy atom. The van der Waals surface area contributed by atoms with Gasteiger partial charge in [-0.1, -0.05) is 28.9 Å². The summed E-state index contributed by atoms with van der Waals surface area (Å²) in [6, 6.07) is 6.24. The molecule has 0 saturated heterocycles. The number of halogens is 1. The molecule has 1 atom stereocenters. The van der Waals surface area contributed by atoms with Gasteiger partial charge in [-0.05, 0) is 30.2 Å². The monoisotopic (exact) mass is 243 g/mol. The zero-order chi connectivity index (χ0) is 9.84. The van der Waals surface area contributed by atoms with Crippen LogP contribution in [0.1, 0.15) is 24.0 Å². The van der Waals surface area contributed by atoms with Crippen molar-refractivity contribution < 1.29 is 4.84 Å². The summed E-state index contributed by atoms with van der Waals surface area (Å²) >= 11 is 3.43. The van der Waals surface area contributed by atoms with E-state index in [0.29, 0.717) is 12.5 Å². The maximum absolute atomic E-state index is 5.04. The lowest BCUT2D eigenvalue weighted by atomic mass is 9.97. The molecule has 0 aliphatic rings. The summed E-state index contributed by atoms with van der Waals surface area (Å²) in [5.74, 6) is 5.38. The smallest absolute Gasteiger partial charge is 0.0745 e. The third-order valence-corrected chi connectivity index (χ3v) is 2.60. The fraction of sp³-hybridized carbons (Fsp3) is 0.400. The van der Waals surface area contributed by atoms with E-state index in [1.165, 1.54) is 11.1 Å². The normalized spacial score (nSPS) is 12.9. The van der Waals surface area contributed by atoms with Gasteiger partial charge in [-0.25, -0.2) is 5.90 Å². The first kappa shape index (κ1) is 10.7. The molecule has 0 heterocycles. The van der Waals surface area contributed by atoms with Gasteiger partial charge in [-0.3, -0.25) is 0 Å². The molecule has 0 saturated carbocycles. The highest BCUT2D eigenvalue weighted by molar-refractivity contribution is 9.10. The Labute approximate surface area is 87.2 Å². The Bertz CT molecular complexity index is 288. The van der Waals surface area contributed by atoms with Gasteiger partial charge in [-0.15, -0.1) is 0 Å². The van der Waals surface area contributed by atoms with Crippen LogP contribution < -0.4 is 5.90 Å². The maximum atomic E-state index is 5.04. The van der Waals surface area contributed by atoms with Crippen molar-refractivity contribution in [3.63, 3.8) is 0 Å². The third-order valence-electron chi connectivity index (χ3n) is 2.11. The first-order valence-corrected chi connectivity index (χ1v) is 5.02. The highest BCUT2D eigenvalue weighted by Gasteiger charge is 2.07. The van der Waals surface area contributed by atoms with Gasteiger partial charge in [0.15, 0.2) is 0 Å². The molecule has 1 aromatic carbocycles. The van der Waals surface area contributed by atoms with Crippen molar-refractivity contribution in [2.75, 3.05) is 6.61 Å². The van der Waals surface area contributed by atoms with E-state index in [1.54, 1.807) is 0 Å². The van der Waals surface area contributed by atoms with Crippen LogP contribution in [-0.2, 0) is 4.84 Å². The Kier molecular flexibility index (Phi) is 3.90. The number of rotatable bonds is 3. The zero-order valence-corrected chi connectivity index (χ0v) is 9.47. The van der Waals surface area contributed by atoms with Crippen LogP contribution in [0.25, 0.3) is 0 Å². The van der Waals surface area contributed by atoms with Gasteiger partial charge in [-0.2, -0.15) is 0 Å². The van der Waals surface area contributed by atoms with Crippen molar-refractivity contribution in [3.8, 4) is 0 Å². The largest absolute Gasteiger partial charge is 0.304 e. The maximum Gasteiger partial charge on any atom is 0.0745 e. The molecule has 1 rings (SSSR count). The van der Waals surface area contributed by atoms with Gasteiger partial charge in [0, 0.05) is 10.4 Å². The van der Waals surface area contributed by atoms with Crippen LogP contribution in [-0.4, -0.2) is 6.61 Å². The molecule has 0 aliphatic heterocycles. The minimum atomic E-state index is 0.345. The number of aryl methyl sites for hydroxylation is 1. The molecular formula is C10H14BrNO. The molecule has 0 amide bonds. The third kappa shape index (κ3) is 2.79. The summed E-state index contributed by atoms with van der Waals surface area (Å²) < 4.78 is 1.11. The minimum absolute atomic E-state index is 0.345. The molecule has 2 nitrogen and oxygen atoms in total. The molecule has 1 unspecified atom stereocenters. The Balaban J connectivity index is 2.88. The van der Waals surface area contributed by atoms with E-state index >= 15 is 0 Å². The van der Waals surface area contributed by atoms with Gasteiger partial charge in [0.1, 0.15) is 0 Å². The van der Waals surface area contributed by atoms with Crippen molar-refractivity contribution in [2.45, 2.75) is 19.8 Å². The molecule has 0 fully saturated rings. The summed E-state index contributed by atoms with van der Waals surface area (Å²) in [6.45, 7) is 4.75. The van der Waals surface area contributed by atoms with Crippen LogP contribution in [0.15, 0.2) is 22.7 Å². The quantitative estimate of drug-likeness (QED) is 0.829. The fourth-order valence-electron chi connectivity index (χ4n) is 1.43. The van der Waals surface area contributed by atoms with Crippen LogP contribution in [0, 0.1) is 6.92 Å². The van der Waals surface area contributed by atoms with E-state index in [4.69, 9.17) is 5.90 Å². The molecule has 13 heavy (non-hydrogen) atoms. The van der Waals surface area contributed by atoms with E-state index < -0.39 is 0 Å². The highest BCUT2D eigenvalue weighted by Crippen LogP contribution is 2.22. The number of hydrogen-bond acceptors (Lipinski definition) is 2. The second-order valence-corrected chi connectivity index (χ2v) is 4.15. The number of hydrogen-bond donors (Lipinski definition) is 1. The molecular weight excluding hydrogens is 230 g/mol. The molecule has 72 valence electrons. The summed E-state index contributed by atoms with van der Waals surface area (Å²) in [5.41, 5.74) is 2.55. The molecule has 0 aliphatic carbocycles. The van der Waals surface area contributed by atoms with Crippen LogP contribution in [0.2, 0.25) is 0 Å². The van der Waals surface area contributed by atoms with Crippen molar-refractivity contribution >= 4 is 15.9 Å². The second kappa shape index (κ2) is 4.74. The average Bonchev–Trinajstić information content (AvgIpc) is 2.04. The zero-order valence-electron chi connectivity index (χ0n) is 7.88. The Morgan fingerprint density at radius 2 is 2.23 bits per heavy atom. The topological polar surface area (TPSA) is 35.2 Å². The van der Waals surface area contributed by atoms with Crippen LogP contribution in [0.4, 0.5) is 0 Å². The van der Waals surface area contributed by atoms with Gasteiger partial charge >= 0.3 is 0 Å². The summed E-state index contributed by atoms with van der Waals surface area (Å²) in [4.78, 5) is 4.63. The summed E-state index contributed by atoms with van der Waals surface area (Å²) in [6.07, 6.45) is 0.